The number of rotatable bonds is 26. The van der Waals surface area contributed by atoms with Crippen molar-refractivity contribution < 1.29 is 0 Å². The number of thiazole rings is 2. The zero-order valence-corrected chi connectivity index (χ0v) is 43.5. The summed E-state index contributed by atoms with van der Waals surface area (Å²) in [6.45, 7) is 18.8. The molecule has 6 aromatic heterocycles. The van der Waals surface area contributed by atoms with E-state index in [0.29, 0.717) is 0 Å². The number of aryl methyl sites for hydroxylation is 4. The molecule has 2 unspecified atom stereocenters. The van der Waals surface area contributed by atoms with Crippen LogP contribution in [-0.2, 0) is 18.3 Å². The second-order valence-corrected chi connectivity index (χ2v) is 24.7. The maximum absolute atomic E-state index is 5.48. The third-order valence-electron chi connectivity index (χ3n) is 13.3. The lowest BCUT2D eigenvalue weighted by atomic mass is 9.65. The van der Waals surface area contributed by atoms with Gasteiger partial charge in [-0.1, -0.05) is 131 Å². The zero-order valence-electron chi connectivity index (χ0n) is 38.6. The van der Waals surface area contributed by atoms with Crippen LogP contribution in [-0.4, -0.2) is 9.97 Å². The Labute approximate surface area is 393 Å². The molecule has 6 aromatic rings. The summed E-state index contributed by atoms with van der Waals surface area (Å²) in [5.74, 6) is 1.52. The Hall–Kier alpha value is -1.94. The Bertz CT molecular complexity index is 2250. The summed E-state index contributed by atoms with van der Waals surface area (Å²) < 4.78 is 0. The maximum Gasteiger partial charge on any atom is 0.153 e. The molecule has 0 saturated carbocycles. The van der Waals surface area contributed by atoms with Gasteiger partial charge in [0, 0.05) is 44.4 Å². The Morgan fingerprint density at radius 2 is 0.967 bits per heavy atom. The van der Waals surface area contributed by atoms with E-state index in [1.807, 2.05) is 45.3 Å². The molecular formula is C53H72N2S6. The van der Waals surface area contributed by atoms with Gasteiger partial charge in [0.1, 0.15) is 0 Å². The predicted molar refractivity (Wildman–Crippen MR) is 278 cm³/mol. The number of thiophene rings is 4. The van der Waals surface area contributed by atoms with Crippen LogP contribution in [0.2, 0.25) is 0 Å². The van der Waals surface area contributed by atoms with Crippen LogP contribution >= 0.6 is 68.0 Å². The highest BCUT2D eigenvalue weighted by atomic mass is 32.1. The van der Waals surface area contributed by atoms with E-state index in [1.54, 1.807) is 20.9 Å². The molecule has 0 aliphatic heterocycles. The lowest BCUT2D eigenvalue weighted by molar-refractivity contribution is 0.266. The molecule has 0 bridgehead atoms. The van der Waals surface area contributed by atoms with Crippen LogP contribution in [0.3, 0.4) is 0 Å². The predicted octanol–water partition coefficient (Wildman–Crippen LogP) is 19.9. The first-order chi connectivity index (χ1) is 29.7. The number of fused-ring (bicyclic) bond motifs is 3. The molecule has 0 aromatic carbocycles. The van der Waals surface area contributed by atoms with Crippen LogP contribution in [0.4, 0.5) is 0 Å². The summed E-state index contributed by atoms with van der Waals surface area (Å²) in [5, 5.41) is 2.22. The largest absolute Gasteiger partial charge is 0.238 e. The molecule has 0 fully saturated rings. The van der Waals surface area contributed by atoms with E-state index in [9.17, 15) is 0 Å². The SMILES string of the molecule is CCCCCCc1nc(-c2nc(CCCCCC)c(-c3ccc(-c4cc5c(s4)-c4sc(C)cc4C5(CC(CC)CCCC)CC(CC)CCCC)s3)s2)sc1-c1ccc(C)s1. The van der Waals surface area contributed by atoms with Crippen LogP contribution < -0.4 is 0 Å². The number of nitrogens with zero attached hydrogens (tertiary/aromatic N) is 2. The number of aromatic nitrogens is 2. The van der Waals surface area contributed by atoms with E-state index in [-0.39, 0.29) is 5.41 Å². The molecule has 2 nitrogen and oxygen atoms in total. The molecule has 7 rings (SSSR count). The van der Waals surface area contributed by atoms with Gasteiger partial charge in [0.15, 0.2) is 10.0 Å². The summed E-state index contributed by atoms with van der Waals surface area (Å²) >= 11 is 11.8. The molecule has 0 N–H and O–H groups in total. The van der Waals surface area contributed by atoms with Gasteiger partial charge in [0.25, 0.3) is 0 Å². The minimum absolute atomic E-state index is 0.120. The quantitative estimate of drug-likeness (QED) is 0.0507. The summed E-state index contributed by atoms with van der Waals surface area (Å²) in [7, 11) is 0. The van der Waals surface area contributed by atoms with Crippen LogP contribution in [0.5, 0.6) is 0 Å². The van der Waals surface area contributed by atoms with Crippen molar-refractivity contribution >= 4 is 68.0 Å². The fraction of sp³-hybridized carbons (Fsp3) is 0.585. The fourth-order valence-corrected chi connectivity index (χ4v) is 16.8. The van der Waals surface area contributed by atoms with Gasteiger partial charge >= 0.3 is 0 Å². The normalized spacial score (nSPS) is 15.8. The lowest BCUT2D eigenvalue weighted by Gasteiger charge is -2.37. The molecule has 6 heterocycles. The Morgan fingerprint density at radius 1 is 0.459 bits per heavy atom. The fourth-order valence-electron chi connectivity index (χ4n) is 9.81. The molecule has 2 atom stereocenters. The molecule has 0 radical (unpaired) electrons. The standard InChI is InChI=1S/C53H72N2S6/c1-9-15-19-21-25-41-49(44-28-27-35(7)56-44)60-51(54-41)52-55-42(26-22-20-16-10-2)50(61-52)45-30-29-43(58-45)46-32-40-48(59-46)47-39(31-36(8)57-47)53(40,33-37(13-5)23-17-11-3)34-38(14-6)24-18-12-4/h27-32,37-38H,9-26,33-34H2,1-8H3. The molecule has 0 amide bonds. The second kappa shape index (κ2) is 22.3. The first-order valence-electron chi connectivity index (χ1n) is 24.2. The van der Waals surface area contributed by atoms with Gasteiger partial charge in [-0.3, -0.25) is 0 Å². The molecule has 330 valence electrons. The van der Waals surface area contributed by atoms with Crippen LogP contribution in [0.15, 0.2) is 36.4 Å². The van der Waals surface area contributed by atoms with Crippen molar-refractivity contribution in [1.29, 1.82) is 0 Å². The first kappa shape index (κ1) is 47.0. The van der Waals surface area contributed by atoms with Crippen molar-refractivity contribution in [2.45, 2.75) is 189 Å². The van der Waals surface area contributed by atoms with Crippen molar-refractivity contribution in [3.63, 3.8) is 0 Å². The summed E-state index contributed by atoms with van der Waals surface area (Å²) in [6.07, 6.45) is 25.2. The van der Waals surface area contributed by atoms with Gasteiger partial charge in [-0.25, -0.2) is 9.97 Å². The second-order valence-electron chi connectivity index (χ2n) is 18.1. The van der Waals surface area contributed by atoms with Crippen molar-refractivity contribution in [3.8, 4) is 49.0 Å². The molecule has 61 heavy (non-hydrogen) atoms. The minimum Gasteiger partial charge on any atom is -0.238 e. The number of unbranched alkanes of at least 4 members (excludes halogenated alkanes) is 8. The number of hydrogen-bond donors (Lipinski definition) is 0. The van der Waals surface area contributed by atoms with Gasteiger partial charge in [0.2, 0.25) is 0 Å². The van der Waals surface area contributed by atoms with Crippen molar-refractivity contribution in [2.75, 3.05) is 0 Å². The minimum atomic E-state index is 0.120. The summed E-state index contributed by atoms with van der Waals surface area (Å²) in [4.78, 5) is 25.2. The Balaban J connectivity index is 1.26. The highest BCUT2D eigenvalue weighted by Gasteiger charge is 2.47. The average Bonchev–Trinajstić information content (AvgIpc) is 4.13. The summed E-state index contributed by atoms with van der Waals surface area (Å²) in [6, 6.07) is 14.7. The van der Waals surface area contributed by atoms with E-state index in [0.717, 1.165) is 34.7 Å². The number of hydrogen-bond acceptors (Lipinski definition) is 8. The van der Waals surface area contributed by atoms with Crippen LogP contribution in [0.1, 0.15) is 189 Å². The van der Waals surface area contributed by atoms with Gasteiger partial charge in [0.05, 0.1) is 21.1 Å². The molecule has 0 saturated heterocycles. The summed E-state index contributed by atoms with van der Waals surface area (Å²) in [5.41, 5.74) is 6.01. The maximum atomic E-state index is 5.48. The highest BCUT2D eigenvalue weighted by molar-refractivity contribution is 7.30. The van der Waals surface area contributed by atoms with E-state index < -0.39 is 0 Å². The molecule has 8 heteroatoms. The van der Waals surface area contributed by atoms with Crippen molar-refractivity contribution in [1.82, 2.24) is 9.97 Å². The van der Waals surface area contributed by atoms with Crippen LogP contribution in [0.25, 0.3) is 49.0 Å². The van der Waals surface area contributed by atoms with E-state index in [1.165, 1.54) is 166 Å². The monoisotopic (exact) mass is 928 g/mol. The zero-order chi connectivity index (χ0) is 42.9. The third kappa shape index (κ3) is 10.8. The Kier molecular flexibility index (Phi) is 17.2. The Morgan fingerprint density at radius 3 is 1.49 bits per heavy atom. The molecule has 0 spiro atoms. The smallest absolute Gasteiger partial charge is 0.153 e. The van der Waals surface area contributed by atoms with Crippen molar-refractivity contribution in [2.24, 2.45) is 11.8 Å². The van der Waals surface area contributed by atoms with Gasteiger partial charge < -0.3 is 0 Å². The topological polar surface area (TPSA) is 25.8 Å². The first-order valence-corrected chi connectivity index (χ1v) is 29.1. The molecular weight excluding hydrogens is 857 g/mol. The van der Waals surface area contributed by atoms with Crippen molar-refractivity contribution in [3.05, 3.63) is 68.7 Å². The van der Waals surface area contributed by atoms with Crippen LogP contribution in [0, 0.1) is 25.7 Å². The van der Waals surface area contributed by atoms with E-state index in [2.05, 4.69) is 114 Å². The lowest BCUT2D eigenvalue weighted by Crippen LogP contribution is -2.31. The molecule has 1 aliphatic rings. The highest BCUT2D eigenvalue weighted by Crippen LogP contribution is 2.62. The van der Waals surface area contributed by atoms with Gasteiger partial charge in [-0.05, 0) is 112 Å². The van der Waals surface area contributed by atoms with Gasteiger partial charge in [-0.2, -0.15) is 0 Å². The average molecular weight is 930 g/mol. The molecule has 1 aliphatic carbocycles. The van der Waals surface area contributed by atoms with E-state index in [4.69, 9.17) is 9.97 Å². The third-order valence-corrected chi connectivity index (χ3v) is 20.7. The van der Waals surface area contributed by atoms with E-state index >= 15 is 0 Å². The van der Waals surface area contributed by atoms with Gasteiger partial charge in [-0.15, -0.1) is 68.0 Å².